The SMILES string of the molecule is O=CC(Cl)=NNc1ccc(Br)cc1. The van der Waals surface area contributed by atoms with Gasteiger partial charge in [0.05, 0.1) is 5.69 Å². The van der Waals surface area contributed by atoms with E-state index in [0.717, 1.165) is 10.2 Å². The lowest BCUT2D eigenvalue weighted by Gasteiger charge is -1.98. The first-order chi connectivity index (χ1) is 6.22. The largest absolute Gasteiger partial charge is 0.295 e. The molecule has 68 valence electrons. The van der Waals surface area contributed by atoms with Gasteiger partial charge >= 0.3 is 0 Å². The first kappa shape index (κ1) is 10.2. The monoisotopic (exact) mass is 260 g/mol. The molecule has 5 heteroatoms. The number of halogens is 2. The van der Waals surface area contributed by atoms with E-state index < -0.39 is 0 Å². The van der Waals surface area contributed by atoms with Gasteiger partial charge in [0.25, 0.3) is 0 Å². The summed E-state index contributed by atoms with van der Waals surface area (Å²) in [5.41, 5.74) is 3.39. The van der Waals surface area contributed by atoms with Crippen LogP contribution >= 0.6 is 27.5 Å². The molecule has 0 saturated heterocycles. The van der Waals surface area contributed by atoms with Gasteiger partial charge < -0.3 is 0 Å². The highest BCUT2D eigenvalue weighted by molar-refractivity contribution is 9.10. The molecule has 0 amide bonds. The van der Waals surface area contributed by atoms with Crippen LogP contribution < -0.4 is 5.43 Å². The van der Waals surface area contributed by atoms with Crippen LogP contribution in [0.25, 0.3) is 0 Å². The Balaban J connectivity index is 2.65. The van der Waals surface area contributed by atoms with Crippen molar-refractivity contribution < 1.29 is 4.79 Å². The van der Waals surface area contributed by atoms with Crippen molar-refractivity contribution in [1.29, 1.82) is 0 Å². The van der Waals surface area contributed by atoms with Gasteiger partial charge in [-0.2, -0.15) is 5.10 Å². The van der Waals surface area contributed by atoms with Crippen LogP contribution in [0.5, 0.6) is 0 Å². The molecule has 0 heterocycles. The number of hydrogen-bond acceptors (Lipinski definition) is 3. The molecule has 0 atom stereocenters. The minimum atomic E-state index is -0.108. The van der Waals surface area contributed by atoms with Crippen molar-refractivity contribution in [3.8, 4) is 0 Å². The Labute approximate surface area is 88.9 Å². The van der Waals surface area contributed by atoms with E-state index in [1.54, 1.807) is 0 Å². The lowest BCUT2D eigenvalue weighted by molar-refractivity contribution is -0.102. The molecule has 0 unspecified atom stereocenters. The predicted molar refractivity (Wildman–Crippen MR) is 57.1 cm³/mol. The Morgan fingerprint density at radius 3 is 2.62 bits per heavy atom. The van der Waals surface area contributed by atoms with Crippen LogP contribution in [0, 0.1) is 0 Å². The topological polar surface area (TPSA) is 41.5 Å². The number of hydrazone groups is 1. The minimum absolute atomic E-state index is 0.108. The van der Waals surface area contributed by atoms with Gasteiger partial charge in [-0.15, -0.1) is 0 Å². The quantitative estimate of drug-likeness (QED) is 0.516. The van der Waals surface area contributed by atoms with Gasteiger partial charge in [-0.25, -0.2) is 0 Å². The van der Waals surface area contributed by atoms with Crippen LogP contribution in [0.15, 0.2) is 33.8 Å². The zero-order valence-electron chi connectivity index (χ0n) is 6.50. The van der Waals surface area contributed by atoms with E-state index in [1.165, 1.54) is 0 Å². The average Bonchev–Trinajstić information content (AvgIpc) is 2.16. The zero-order valence-corrected chi connectivity index (χ0v) is 8.84. The summed E-state index contributed by atoms with van der Waals surface area (Å²) in [6.07, 6.45) is 0.466. The van der Waals surface area contributed by atoms with Crippen LogP contribution in [0.3, 0.4) is 0 Å². The van der Waals surface area contributed by atoms with Crippen LogP contribution in [0.2, 0.25) is 0 Å². The van der Waals surface area contributed by atoms with E-state index in [0.29, 0.717) is 6.29 Å². The molecule has 0 saturated carbocycles. The molecule has 0 aliphatic rings. The van der Waals surface area contributed by atoms with E-state index >= 15 is 0 Å². The Bertz CT molecular complexity index is 323. The minimum Gasteiger partial charge on any atom is -0.295 e. The lowest BCUT2D eigenvalue weighted by atomic mass is 10.3. The number of carbonyl (C=O) groups is 1. The fraction of sp³-hybridized carbons (Fsp3) is 0. The van der Waals surface area contributed by atoms with Gasteiger partial charge in [-0.3, -0.25) is 10.2 Å². The number of rotatable bonds is 3. The summed E-state index contributed by atoms with van der Waals surface area (Å²) in [7, 11) is 0. The predicted octanol–water partition coefficient (Wildman–Crippen LogP) is 2.61. The summed E-state index contributed by atoms with van der Waals surface area (Å²) in [6.45, 7) is 0. The maximum atomic E-state index is 10.1. The fourth-order valence-corrected chi connectivity index (χ4v) is 0.975. The summed E-state index contributed by atoms with van der Waals surface area (Å²) >= 11 is 8.65. The van der Waals surface area contributed by atoms with E-state index in [4.69, 9.17) is 11.6 Å². The van der Waals surface area contributed by atoms with Crippen LogP contribution in [-0.2, 0) is 4.79 Å². The Morgan fingerprint density at radius 1 is 1.46 bits per heavy atom. The molecule has 0 fully saturated rings. The molecule has 1 aromatic rings. The molecule has 0 aromatic heterocycles. The molecule has 1 rings (SSSR count). The summed E-state index contributed by atoms with van der Waals surface area (Å²) in [6, 6.07) is 7.32. The first-order valence-corrected chi connectivity index (χ1v) is 4.59. The smallest absolute Gasteiger partial charge is 0.189 e. The van der Waals surface area contributed by atoms with Crippen molar-refractivity contribution in [2.45, 2.75) is 0 Å². The second kappa shape index (κ2) is 4.99. The Morgan fingerprint density at radius 2 is 2.08 bits per heavy atom. The van der Waals surface area contributed by atoms with Crippen LogP contribution in [-0.4, -0.2) is 11.5 Å². The number of benzene rings is 1. The summed E-state index contributed by atoms with van der Waals surface area (Å²) < 4.78 is 0.975. The van der Waals surface area contributed by atoms with Crippen LogP contribution in [0.1, 0.15) is 0 Å². The molecule has 3 nitrogen and oxygen atoms in total. The van der Waals surface area contributed by atoms with Crippen molar-refractivity contribution in [2.24, 2.45) is 5.10 Å². The van der Waals surface area contributed by atoms with Crippen molar-refractivity contribution in [1.82, 2.24) is 0 Å². The third kappa shape index (κ3) is 3.57. The average molecular weight is 262 g/mol. The maximum Gasteiger partial charge on any atom is 0.189 e. The van der Waals surface area contributed by atoms with Crippen molar-refractivity contribution in [3.63, 3.8) is 0 Å². The number of carbonyl (C=O) groups excluding carboxylic acids is 1. The van der Waals surface area contributed by atoms with Gasteiger partial charge in [0.1, 0.15) is 0 Å². The molecule has 0 spiro atoms. The summed E-state index contributed by atoms with van der Waals surface area (Å²) in [5, 5.41) is 3.48. The lowest BCUT2D eigenvalue weighted by Crippen LogP contribution is -1.95. The fourth-order valence-electron chi connectivity index (χ4n) is 0.669. The molecule has 1 aromatic carbocycles. The Kier molecular flexibility index (Phi) is 3.92. The number of nitrogens with one attached hydrogen (secondary N) is 1. The Hall–Kier alpha value is -0.870. The molecule has 1 N–H and O–H groups in total. The highest BCUT2D eigenvalue weighted by Crippen LogP contribution is 2.13. The molecular weight excluding hydrogens is 255 g/mol. The van der Waals surface area contributed by atoms with Gasteiger partial charge in [0, 0.05) is 4.47 Å². The highest BCUT2D eigenvalue weighted by Gasteiger charge is 1.91. The van der Waals surface area contributed by atoms with E-state index in [-0.39, 0.29) is 5.17 Å². The highest BCUT2D eigenvalue weighted by atomic mass is 79.9. The molecule has 0 aliphatic carbocycles. The van der Waals surface area contributed by atoms with E-state index in [1.807, 2.05) is 24.3 Å². The molecule has 13 heavy (non-hydrogen) atoms. The van der Waals surface area contributed by atoms with Crippen molar-refractivity contribution in [3.05, 3.63) is 28.7 Å². The summed E-state index contributed by atoms with van der Waals surface area (Å²) in [5.74, 6) is 0. The third-order valence-corrected chi connectivity index (χ3v) is 1.94. The van der Waals surface area contributed by atoms with Crippen LogP contribution in [0.4, 0.5) is 5.69 Å². The molecule has 0 radical (unpaired) electrons. The van der Waals surface area contributed by atoms with E-state index in [2.05, 4.69) is 26.5 Å². The second-order valence-electron chi connectivity index (χ2n) is 2.17. The summed E-state index contributed by atoms with van der Waals surface area (Å²) in [4.78, 5) is 10.1. The van der Waals surface area contributed by atoms with Gasteiger partial charge in [0.2, 0.25) is 0 Å². The number of aldehydes is 1. The standard InChI is InChI=1S/C8H6BrClN2O/c9-6-1-3-7(4-2-6)11-12-8(10)5-13/h1-5,11H. The molecule has 0 bridgehead atoms. The number of hydrogen-bond donors (Lipinski definition) is 1. The number of anilines is 1. The van der Waals surface area contributed by atoms with Gasteiger partial charge in [-0.05, 0) is 24.3 Å². The van der Waals surface area contributed by atoms with Crippen molar-refractivity contribution >= 4 is 44.7 Å². The second-order valence-corrected chi connectivity index (χ2v) is 3.47. The normalized spacial score (nSPS) is 11.1. The van der Waals surface area contributed by atoms with E-state index in [9.17, 15) is 4.79 Å². The maximum absolute atomic E-state index is 10.1. The van der Waals surface area contributed by atoms with Gasteiger partial charge in [-0.1, -0.05) is 27.5 Å². The first-order valence-electron chi connectivity index (χ1n) is 3.42. The molecular formula is C8H6BrClN2O. The third-order valence-electron chi connectivity index (χ3n) is 1.23. The molecule has 0 aliphatic heterocycles. The van der Waals surface area contributed by atoms with Crippen molar-refractivity contribution in [2.75, 3.05) is 5.43 Å². The van der Waals surface area contributed by atoms with Gasteiger partial charge in [0.15, 0.2) is 11.5 Å². The number of nitrogens with zero attached hydrogens (tertiary/aromatic N) is 1. The zero-order chi connectivity index (χ0) is 9.68.